The van der Waals surface area contributed by atoms with Crippen molar-refractivity contribution in [1.82, 2.24) is 15.1 Å². The van der Waals surface area contributed by atoms with Crippen molar-refractivity contribution in [2.75, 3.05) is 13.6 Å². The monoisotopic (exact) mass is 237 g/mol. The highest BCUT2D eigenvalue weighted by Gasteiger charge is 2.14. The summed E-state index contributed by atoms with van der Waals surface area (Å²) in [7, 11) is 4.09. The summed E-state index contributed by atoms with van der Waals surface area (Å²) in [6, 6.07) is 2.25. The summed E-state index contributed by atoms with van der Waals surface area (Å²) in [5, 5.41) is 7.82. The third kappa shape index (κ3) is 4.50. The molecular formula is C14H27N3. The van der Waals surface area contributed by atoms with Crippen molar-refractivity contribution in [3.05, 3.63) is 17.5 Å². The first-order valence-electron chi connectivity index (χ1n) is 6.73. The van der Waals surface area contributed by atoms with Crippen molar-refractivity contribution in [2.24, 2.45) is 18.9 Å². The lowest BCUT2D eigenvalue weighted by molar-refractivity contribution is 0.388. The second-order valence-corrected chi connectivity index (χ2v) is 5.36. The van der Waals surface area contributed by atoms with Gasteiger partial charge in [-0.05, 0) is 50.8 Å². The van der Waals surface area contributed by atoms with Crippen LogP contribution >= 0.6 is 0 Å². The Bertz CT molecular complexity index is 328. The van der Waals surface area contributed by atoms with Crippen molar-refractivity contribution in [2.45, 2.75) is 40.0 Å². The molecule has 0 aromatic carbocycles. The van der Waals surface area contributed by atoms with Gasteiger partial charge in [0.1, 0.15) is 0 Å². The van der Waals surface area contributed by atoms with Crippen LogP contribution in [0.5, 0.6) is 0 Å². The van der Waals surface area contributed by atoms with Gasteiger partial charge in [0.05, 0.1) is 5.69 Å². The maximum absolute atomic E-state index is 4.52. The fourth-order valence-corrected chi connectivity index (χ4v) is 2.43. The van der Waals surface area contributed by atoms with Crippen LogP contribution in [-0.2, 0) is 19.9 Å². The minimum absolute atomic E-state index is 0.708. The molecule has 0 aliphatic carbocycles. The first-order valence-corrected chi connectivity index (χ1v) is 6.73. The minimum atomic E-state index is 0.708. The first kappa shape index (κ1) is 14.2. The van der Waals surface area contributed by atoms with E-state index in [0.717, 1.165) is 25.3 Å². The summed E-state index contributed by atoms with van der Waals surface area (Å²) < 4.78 is 2.04. The summed E-state index contributed by atoms with van der Waals surface area (Å²) in [4.78, 5) is 0. The van der Waals surface area contributed by atoms with Crippen LogP contribution in [0.15, 0.2) is 6.07 Å². The largest absolute Gasteiger partial charge is 0.319 e. The quantitative estimate of drug-likeness (QED) is 0.789. The van der Waals surface area contributed by atoms with Crippen molar-refractivity contribution < 1.29 is 0 Å². The molecule has 0 bridgehead atoms. The molecule has 1 aromatic rings. The highest BCUT2D eigenvalue weighted by atomic mass is 15.3. The van der Waals surface area contributed by atoms with Crippen LogP contribution < -0.4 is 5.32 Å². The lowest BCUT2D eigenvalue weighted by Crippen LogP contribution is -2.23. The van der Waals surface area contributed by atoms with E-state index < -0.39 is 0 Å². The molecule has 0 saturated heterocycles. The highest BCUT2D eigenvalue weighted by Crippen LogP contribution is 2.17. The molecule has 98 valence electrons. The Morgan fingerprint density at radius 2 is 2.12 bits per heavy atom. The zero-order valence-corrected chi connectivity index (χ0v) is 12.0. The van der Waals surface area contributed by atoms with E-state index in [1.54, 1.807) is 0 Å². The lowest BCUT2D eigenvalue weighted by atomic mass is 9.92. The van der Waals surface area contributed by atoms with Crippen LogP contribution in [0.2, 0.25) is 0 Å². The summed E-state index contributed by atoms with van der Waals surface area (Å²) in [6.07, 6.45) is 3.42. The van der Waals surface area contributed by atoms with Gasteiger partial charge in [-0.1, -0.05) is 20.8 Å². The molecular weight excluding hydrogens is 210 g/mol. The van der Waals surface area contributed by atoms with E-state index in [1.807, 2.05) is 11.7 Å². The number of nitrogens with one attached hydrogen (secondary N) is 1. The van der Waals surface area contributed by atoms with Crippen molar-refractivity contribution in [1.29, 1.82) is 0 Å². The Morgan fingerprint density at radius 3 is 2.59 bits per heavy atom. The molecule has 1 unspecified atom stereocenters. The van der Waals surface area contributed by atoms with E-state index in [2.05, 4.69) is 44.3 Å². The van der Waals surface area contributed by atoms with E-state index in [0.29, 0.717) is 5.92 Å². The molecule has 0 saturated carbocycles. The van der Waals surface area contributed by atoms with Gasteiger partial charge < -0.3 is 5.32 Å². The first-order chi connectivity index (χ1) is 8.06. The molecule has 1 N–H and O–H groups in total. The van der Waals surface area contributed by atoms with E-state index >= 15 is 0 Å². The van der Waals surface area contributed by atoms with Gasteiger partial charge in [-0.3, -0.25) is 4.68 Å². The van der Waals surface area contributed by atoms with E-state index in [9.17, 15) is 0 Å². The maximum atomic E-state index is 4.52. The average molecular weight is 237 g/mol. The van der Waals surface area contributed by atoms with E-state index in [4.69, 9.17) is 0 Å². The molecule has 1 atom stereocenters. The molecule has 3 heteroatoms. The highest BCUT2D eigenvalue weighted by molar-refractivity contribution is 5.11. The molecule has 0 aliphatic heterocycles. The second kappa shape index (κ2) is 6.80. The number of aromatic nitrogens is 2. The summed E-state index contributed by atoms with van der Waals surface area (Å²) >= 11 is 0. The van der Waals surface area contributed by atoms with Gasteiger partial charge in [-0.2, -0.15) is 5.10 Å². The molecule has 1 heterocycles. The van der Waals surface area contributed by atoms with Crippen LogP contribution in [0, 0.1) is 11.8 Å². The van der Waals surface area contributed by atoms with Gasteiger partial charge in [0.25, 0.3) is 0 Å². The van der Waals surface area contributed by atoms with Gasteiger partial charge in [0.15, 0.2) is 0 Å². The van der Waals surface area contributed by atoms with Crippen molar-refractivity contribution in [3.8, 4) is 0 Å². The van der Waals surface area contributed by atoms with Gasteiger partial charge in [0.2, 0.25) is 0 Å². The molecule has 0 amide bonds. The SMILES string of the molecule is CCc1cc(CC(CNC)CC(C)C)n(C)n1. The predicted octanol–water partition coefficient (Wildman–Crippen LogP) is 2.41. The number of rotatable bonds is 7. The second-order valence-electron chi connectivity index (χ2n) is 5.36. The number of hydrogen-bond donors (Lipinski definition) is 1. The predicted molar refractivity (Wildman–Crippen MR) is 73.2 cm³/mol. The van der Waals surface area contributed by atoms with Gasteiger partial charge >= 0.3 is 0 Å². The zero-order valence-electron chi connectivity index (χ0n) is 12.0. The van der Waals surface area contributed by atoms with Crippen LogP contribution in [-0.4, -0.2) is 23.4 Å². The molecule has 1 aromatic heterocycles. The Morgan fingerprint density at radius 1 is 1.41 bits per heavy atom. The van der Waals surface area contributed by atoms with E-state index in [-0.39, 0.29) is 0 Å². The smallest absolute Gasteiger partial charge is 0.0624 e. The van der Waals surface area contributed by atoms with Crippen LogP contribution in [0.4, 0.5) is 0 Å². The van der Waals surface area contributed by atoms with Crippen LogP contribution in [0.1, 0.15) is 38.6 Å². The van der Waals surface area contributed by atoms with Crippen LogP contribution in [0.25, 0.3) is 0 Å². The fourth-order valence-electron chi connectivity index (χ4n) is 2.43. The molecule has 0 aliphatic rings. The van der Waals surface area contributed by atoms with Crippen molar-refractivity contribution >= 4 is 0 Å². The Labute approximate surface area is 106 Å². The number of nitrogens with zero attached hydrogens (tertiary/aromatic N) is 2. The fraction of sp³-hybridized carbons (Fsp3) is 0.786. The Balaban J connectivity index is 2.67. The molecule has 3 nitrogen and oxygen atoms in total. The standard InChI is InChI=1S/C14H27N3/c1-6-13-9-14(17(5)16-13)8-12(10-15-4)7-11(2)3/h9,11-12,15H,6-8,10H2,1-5H3. The molecule has 0 fully saturated rings. The summed E-state index contributed by atoms with van der Waals surface area (Å²) in [5.41, 5.74) is 2.57. The van der Waals surface area contributed by atoms with Gasteiger partial charge in [-0.25, -0.2) is 0 Å². The lowest BCUT2D eigenvalue weighted by Gasteiger charge is -2.18. The minimum Gasteiger partial charge on any atom is -0.319 e. The third-order valence-electron chi connectivity index (χ3n) is 3.18. The van der Waals surface area contributed by atoms with Gasteiger partial charge in [0, 0.05) is 12.7 Å². The normalized spacial score (nSPS) is 13.3. The summed E-state index contributed by atoms with van der Waals surface area (Å²) in [5.74, 6) is 1.47. The van der Waals surface area contributed by atoms with Gasteiger partial charge in [-0.15, -0.1) is 0 Å². The Kier molecular flexibility index (Phi) is 5.69. The zero-order chi connectivity index (χ0) is 12.8. The summed E-state index contributed by atoms with van der Waals surface area (Å²) in [6.45, 7) is 7.84. The molecule has 17 heavy (non-hydrogen) atoms. The van der Waals surface area contributed by atoms with Crippen molar-refractivity contribution in [3.63, 3.8) is 0 Å². The molecule has 0 spiro atoms. The van der Waals surface area contributed by atoms with Crippen LogP contribution in [0.3, 0.4) is 0 Å². The molecule has 1 rings (SSSR count). The Hall–Kier alpha value is -0.830. The van der Waals surface area contributed by atoms with E-state index in [1.165, 1.54) is 17.8 Å². The number of aryl methyl sites for hydroxylation is 2. The molecule has 0 radical (unpaired) electrons. The third-order valence-corrected chi connectivity index (χ3v) is 3.18. The topological polar surface area (TPSA) is 29.9 Å². The maximum Gasteiger partial charge on any atom is 0.0624 e. The average Bonchev–Trinajstić information content (AvgIpc) is 2.59. The number of hydrogen-bond acceptors (Lipinski definition) is 2.